The topological polar surface area (TPSA) is 54.0 Å². The molecular formula is C20H19N3OS. The molecule has 0 saturated carbocycles. The van der Waals surface area contributed by atoms with E-state index >= 15 is 0 Å². The fourth-order valence-electron chi connectivity index (χ4n) is 3.06. The Morgan fingerprint density at radius 1 is 1.20 bits per heavy atom. The average Bonchev–Trinajstić information content (AvgIpc) is 3.21. The highest BCUT2D eigenvalue weighted by Gasteiger charge is 2.26. The van der Waals surface area contributed by atoms with Gasteiger partial charge in [0.2, 0.25) is 5.91 Å². The monoisotopic (exact) mass is 349 g/mol. The molecule has 2 heterocycles. The third-order valence-corrected chi connectivity index (χ3v) is 5.38. The van der Waals surface area contributed by atoms with Crippen LogP contribution in [-0.2, 0) is 4.79 Å². The van der Waals surface area contributed by atoms with Gasteiger partial charge in [0.1, 0.15) is 0 Å². The van der Waals surface area contributed by atoms with Crippen LogP contribution in [0.25, 0.3) is 11.3 Å². The van der Waals surface area contributed by atoms with Crippen molar-refractivity contribution in [3.63, 3.8) is 0 Å². The number of amides is 1. The largest absolute Gasteiger partial charge is 0.355 e. The standard InChI is InChI=1S/C20H19N3OS/c1-12-16-10-15(8-9-17(16)22-19(12)24)18-11-25-20(23-18)21-13(2)14-6-4-3-5-7-14/h3-13H,1-2H3,(H,21,23)(H,22,24)/t12-,13-/m0/s1. The molecule has 1 aliphatic rings. The summed E-state index contributed by atoms with van der Waals surface area (Å²) < 4.78 is 0. The number of hydrogen-bond acceptors (Lipinski definition) is 4. The lowest BCUT2D eigenvalue weighted by atomic mass is 10.00. The first-order valence-electron chi connectivity index (χ1n) is 8.34. The van der Waals surface area contributed by atoms with Gasteiger partial charge in [0, 0.05) is 16.6 Å². The normalized spacial score (nSPS) is 17.0. The van der Waals surface area contributed by atoms with Crippen LogP contribution in [0.15, 0.2) is 53.9 Å². The molecule has 2 aromatic carbocycles. The number of fused-ring (bicyclic) bond motifs is 1. The number of nitrogens with zero attached hydrogens (tertiary/aromatic N) is 1. The first-order chi connectivity index (χ1) is 12.1. The maximum atomic E-state index is 11.8. The van der Waals surface area contributed by atoms with Gasteiger partial charge in [-0.05, 0) is 37.1 Å². The molecule has 0 saturated heterocycles. The molecular weight excluding hydrogens is 330 g/mol. The van der Waals surface area contributed by atoms with E-state index in [1.807, 2.05) is 37.3 Å². The van der Waals surface area contributed by atoms with Crippen LogP contribution >= 0.6 is 11.3 Å². The van der Waals surface area contributed by atoms with Gasteiger partial charge in [-0.1, -0.05) is 36.4 Å². The van der Waals surface area contributed by atoms with Gasteiger partial charge in [-0.3, -0.25) is 4.79 Å². The third-order valence-electron chi connectivity index (χ3n) is 4.61. The minimum Gasteiger partial charge on any atom is -0.355 e. The lowest BCUT2D eigenvalue weighted by Crippen LogP contribution is -2.08. The Morgan fingerprint density at radius 3 is 2.80 bits per heavy atom. The van der Waals surface area contributed by atoms with E-state index in [1.54, 1.807) is 11.3 Å². The maximum Gasteiger partial charge on any atom is 0.231 e. The summed E-state index contributed by atoms with van der Waals surface area (Å²) in [6, 6.07) is 16.6. The van der Waals surface area contributed by atoms with Gasteiger partial charge in [-0.15, -0.1) is 11.3 Å². The molecule has 25 heavy (non-hydrogen) atoms. The van der Waals surface area contributed by atoms with E-state index in [2.05, 4.69) is 41.1 Å². The molecule has 0 bridgehead atoms. The molecule has 0 fully saturated rings. The predicted molar refractivity (Wildman–Crippen MR) is 103 cm³/mol. The molecule has 1 aliphatic heterocycles. The molecule has 1 aromatic heterocycles. The van der Waals surface area contributed by atoms with Crippen LogP contribution in [0.3, 0.4) is 0 Å². The Hall–Kier alpha value is -2.66. The summed E-state index contributed by atoms with van der Waals surface area (Å²) in [6.45, 7) is 4.06. The second kappa shape index (κ2) is 6.33. The number of thiazole rings is 1. The third kappa shape index (κ3) is 3.03. The minimum atomic E-state index is -0.107. The van der Waals surface area contributed by atoms with Crippen molar-refractivity contribution < 1.29 is 4.79 Å². The van der Waals surface area contributed by atoms with Crippen LogP contribution in [0.2, 0.25) is 0 Å². The van der Waals surface area contributed by atoms with Crippen LogP contribution < -0.4 is 10.6 Å². The molecule has 5 heteroatoms. The van der Waals surface area contributed by atoms with Gasteiger partial charge in [-0.25, -0.2) is 4.98 Å². The smallest absolute Gasteiger partial charge is 0.231 e. The lowest BCUT2D eigenvalue weighted by Gasteiger charge is -2.12. The quantitative estimate of drug-likeness (QED) is 0.694. The SMILES string of the molecule is C[C@H](Nc1nc(-c2ccc3c(c2)[C@H](C)C(=O)N3)cs1)c1ccccc1. The van der Waals surface area contributed by atoms with Gasteiger partial charge in [0.05, 0.1) is 17.7 Å². The van der Waals surface area contributed by atoms with Gasteiger partial charge in [0.15, 0.2) is 5.13 Å². The van der Waals surface area contributed by atoms with Crippen molar-refractivity contribution in [2.24, 2.45) is 0 Å². The predicted octanol–water partition coefficient (Wildman–Crippen LogP) is 5.04. The highest BCUT2D eigenvalue weighted by molar-refractivity contribution is 7.14. The van der Waals surface area contributed by atoms with Gasteiger partial charge in [0.25, 0.3) is 0 Å². The van der Waals surface area contributed by atoms with Crippen molar-refractivity contribution >= 4 is 28.1 Å². The highest BCUT2D eigenvalue weighted by Crippen LogP contribution is 2.36. The van der Waals surface area contributed by atoms with Gasteiger partial charge < -0.3 is 10.6 Å². The van der Waals surface area contributed by atoms with E-state index < -0.39 is 0 Å². The Kier molecular flexibility index (Phi) is 4.01. The van der Waals surface area contributed by atoms with E-state index in [1.165, 1.54) is 5.56 Å². The molecule has 2 N–H and O–H groups in total. The summed E-state index contributed by atoms with van der Waals surface area (Å²) in [4.78, 5) is 16.5. The molecule has 0 aliphatic carbocycles. The molecule has 2 atom stereocenters. The van der Waals surface area contributed by atoms with E-state index in [-0.39, 0.29) is 17.9 Å². The molecule has 0 spiro atoms. The van der Waals surface area contributed by atoms with Crippen LogP contribution in [-0.4, -0.2) is 10.9 Å². The van der Waals surface area contributed by atoms with Crippen molar-refractivity contribution in [3.8, 4) is 11.3 Å². The Balaban J connectivity index is 1.55. The van der Waals surface area contributed by atoms with Crippen molar-refractivity contribution in [2.45, 2.75) is 25.8 Å². The van der Waals surface area contributed by atoms with Crippen LogP contribution in [0.4, 0.5) is 10.8 Å². The minimum absolute atomic E-state index is 0.0597. The van der Waals surface area contributed by atoms with E-state index in [4.69, 9.17) is 4.98 Å². The molecule has 4 rings (SSSR count). The highest BCUT2D eigenvalue weighted by atomic mass is 32.1. The Morgan fingerprint density at radius 2 is 2.00 bits per heavy atom. The number of anilines is 2. The van der Waals surface area contributed by atoms with Crippen LogP contribution in [0.1, 0.15) is 36.9 Å². The molecule has 0 radical (unpaired) electrons. The van der Waals surface area contributed by atoms with E-state index in [9.17, 15) is 4.79 Å². The van der Waals surface area contributed by atoms with E-state index in [0.29, 0.717) is 0 Å². The number of rotatable bonds is 4. The summed E-state index contributed by atoms with van der Waals surface area (Å²) in [7, 11) is 0. The zero-order valence-electron chi connectivity index (χ0n) is 14.1. The molecule has 4 nitrogen and oxygen atoms in total. The van der Waals surface area contributed by atoms with Crippen LogP contribution in [0.5, 0.6) is 0 Å². The number of aromatic nitrogens is 1. The second-order valence-electron chi connectivity index (χ2n) is 6.33. The average molecular weight is 349 g/mol. The van der Waals surface area contributed by atoms with Crippen molar-refractivity contribution in [1.82, 2.24) is 4.98 Å². The molecule has 1 amide bonds. The number of benzene rings is 2. The van der Waals surface area contributed by atoms with Gasteiger partial charge in [-0.2, -0.15) is 0 Å². The number of carbonyl (C=O) groups excluding carboxylic acids is 1. The fourth-order valence-corrected chi connectivity index (χ4v) is 3.87. The molecule has 0 unspecified atom stereocenters. The number of carbonyl (C=O) groups is 1. The second-order valence-corrected chi connectivity index (χ2v) is 7.19. The lowest BCUT2D eigenvalue weighted by molar-refractivity contribution is -0.116. The zero-order chi connectivity index (χ0) is 17.4. The number of hydrogen-bond donors (Lipinski definition) is 2. The maximum absolute atomic E-state index is 11.8. The van der Waals surface area contributed by atoms with Crippen molar-refractivity contribution in [2.75, 3.05) is 10.6 Å². The van der Waals surface area contributed by atoms with Gasteiger partial charge >= 0.3 is 0 Å². The first kappa shape index (κ1) is 15.8. The summed E-state index contributed by atoms with van der Waals surface area (Å²) in [5.74, 6) is -0.0475. The number of nitrogens with one attached hydrogen (secondary N) is 2. The van der Waals surface area contributed by atoms with Crippen molar-refractivity contribution in [3.05, 3.63) is 65.0 Å². The molecule has 3 aromatic rings. The summed E-state index contributed by atoms with van der Waals surface area (Å²) in [5, 5.41) is 9.31. The Labute approximate surface area is 150 Å². The summed E-state index contributed by atoms with van der Waals surface area (Å²) >= 11 is 1.60. The van der Waals surface area contributed by atoms with Crippen LogP contribution in [0, 0.1) is 0 Å². The zero-order valence-corrected chi connectivity index (χ0v) is 14.9. The van der Waals surface area contributed by atoms with Crippen molar-refractivity contribution in [1.29, 1.82) is 0 Å². The fraction of sp³-hybridized carbons (Fsp3) is 0.200. The van der Waals surface area contributed by atoms with E-state index in [0.717, 1.165) is 27.6 Å². The summed E-state index contributed by atoms with van der Waals surface area (Å²) in [5.41, 5.74) is 5.16. The molecule has 126 valence electrons. The first-order valence-corrected chi connectivity index (χ1v) is 9.22. The summed E-state index contributed by atoms with van der Waals surface area (Å²) in [6.07, 6.45) is 0. The Bertz CT molecular complexity index is 920.